The van der Waals surface area contributed by atoms with Crippen LogP contribution < -0.4 is 0 Å². The zero-order valence-corrected chi connectivity index (χ0v) is 9.19. The standard InChI is InChI=1S/C11H16O4/c1-7(2)15-11(13)9-4-5-14-10(9)6-8(3)12/h4-5,7-8,12H,6H2,1-3H3. The van der Waals surface area contributed by atoms with Gasteiger partial charge in [-0.1, -0.05) is 0 Å². The predicted molar refractivity (Wildman–Crippen MR) is 54.6 cm³/mol. The fourth-order valence-corrected chi connectivity index (χ4v) is 1.23. The fraction of sp³-hybridized carbons (Fsp3) is 0.545. The van der Waals surface area contributed by atoms with Crippen molar-refractivity contribution in [2.45, 2.75) is 39.4 Å². The second-order valence-corrected chi connectivity index (χ2v) is 3.76. The van der Waals surface area contributed by atoms with E-state index in [9.17, 15) is 9.90 Å². The molecule has 0 amide bonds. The summed E-state index contributed by atoms with van der Waals surface area (Å²) >= 11 is 0. The summed E-state index contributed by atoms with van der Waals surface area (Å²) in [5.74, 6) is 0.0602. The quantitative estimate of drug-likeness (QED) is 0.773. The third-order valence-corrected chi connectivity index (χ3v) is 1.79. The molecule has 0 fully saturated rings. The van der Waals surface area contributed by atoms with Gasteiger partial charge in [0.05, 0.1) is 18.5 Å². The highest BCUT2D eigenvalue weighted by molar-refractivity contribution is 5.90. The van der Waals surface area contributed by atoms with Crippen LogP contribution in [0.4, 0.5) is 0 Å². The lowest BCUT2D eigenvalue weighted by atomic mass is 10.1. The summed E-state index contributed by atoms with van der Waals surface area (Å²) in [6.45, 7) is 5.21. The Labute approximate surface area is 88.8 Å². The van der Waals surface area contributed by atoms with E-state index in [0.29, 0.717) is 17.7 Å². The van der Waals surface area contributed by atoms with Crippen LogP contribution in [0.1, 0.15) is 36.9 Å². The van der Waals surface area contributed by atoms with E-state index in [2.05, 4.69) is 0 Å². The van der Waals surface area contributed by atoms with Crippen molar-refractivity contribution in [1.29, 1.82) is 0 Å². The molecule has 0 saturated carbocycles. The second-order valence-electron chi connectivity index (χ2n) is 3.76. The van der Waals surface area contributed by atoms with Crippen molar-refractivity contribution in [2.24, 2.45) is 0 Å². The smallest absolute Gasteiger partial charge is 0.341 e. The predicted octanol–water partition coefficient (Wildman–Crippen LogP) is 1.77. The summed E-state index contributed by atoms with van der Waals surface area (Å²) in [5, 5.41) is 9.20. The van der Waals surface area contributed by atoms with Gasteiger partial charge in [0.2, 0.25) is 0 Å². The highest BCUT2D eigenvalue weighted by Crippen LogP contribution is 2.14. The molecule has 0 spiro atoms. The lowest BCUT2D eigenvalue weighted by Gasteiger charge is -2.08. The van der Waals surface area contributed by atoms with Gasteiger partial charge in [0, 0.05) is 6.42 Å². The highest BCUT2D eigenvalue weighted by Gasteiger charge is 2.18. The maximum atomic E-state index is 11.6. The first-order valence-corrected chi connectivity index (χ1v) is 4.96. The van der Waals surface area contributed by atoms with E-state index in [1.165, 1.54) is 6.26 Å². The molecule has 1 rings (SSSR count). The van der Waals surface area contributed by atoms with E-state index in [-0.39, 0.29) is 6.10 Å². The van der Waals surface area contributed by atoms with Crippen molar-refractivity contribution in [2.75, 3.05) is 0 Å². The van der Waals surface area contributed by atoms with Crippen LogP contribution in [0.2, 0.25) is 0 Å². The third kappa shape index (κ3) is 3.40. The van der Waals surface area contributed by atoms with Gasteiger partial charge in [0.1, 0.15) is 11.3 Å². The monoisotopic (exact) mass is 212 g/mol. The van der Waals surface area contributed by atoms with E-state index in [1.807, 2.05) is 0 Å². The van der Waals surface area contributed by atoms with E-state index >= 15 is 0 Å². The molecule has 0 aromatic carbocycles. The summed E-state index contributed by atoms with van der Waals surface area (Å²) in [6, 6.07) is 1.56. The first-order valence-electron chi connectivity index (χ1n) is 4.96. The Bertz CT molecular complexity index is 325. The van der Waals surface area contributed by atoms with Crippen LogP contribution in [0.25, 0.3) is 0 Å². The van der Waals surface area contributed by atoms with Crippen LogP contribution >= 0.6 is 0 Å². The Morgan fingerprint density at radius 1 is 1.53 bits per heavy atom. The van der Waals surface area contributed by atoms with Crippen molar-refractivity contribution in [3.8, 4) is 0 Å². The molecule has 0 saturated heterocycles. The van der Waals surface area contributed by atoms with Crippen LogP contribution in [0.3, 0.4) is 0 Å². The van der Waals surface area contributed by atoms with Gasteiger partial charge in [-0.05, 0) is 26.8 Å². The molecule has 4 nitrogen and oxygen atoms in total. The Kier molecular flexibility index (Phi) is 3.91. The molecule has 1 unspecified atom stereocenters. The van der Waals surface area contributed by atoms with Crippen LogP contribution in [0, 0.1) is 0 Å². The van der Waals surface area contributed by atoms with E-state index in [0.717, 1.165) is 0 Å². The Morgan fingerprint density at radius 3 is 2.73 bits per heavy atom. The van der Waals surface area contributed by atoms with Gasteiger partial charge in [0.25, 0.3) is 0 Å². The van der Waals surface area contributed by atoms with Gasteiger partial charge in [-0.15, -0.1) is 0 Å². The average Bonchev–Trinajstić information content (AvgIpc) is 2.49. The van der Waals surface area contributed by atoms with Crippen molar-refractivity contribution in [3.63, 3.8) is 0 Å². The molecule has 0 aliphatic heterocycles. The number of rotatable bonds is 4. The summed E-state index contributed by atoms with van der Waals surface area (Å²) in [7, 11) is 0. The maximum absolute atomic E-state index is 11.6. The molecular weight excluding hydrogens is 196 g/mol. The van der Waals surface area contributed by atoms with E-state index in [4.69, 9.17) is 9.15 Å². The van der Waals surface area contributed by atoms with Crippen LogP contribution in [0.15, 0.2) is 16.7 Å². The molecule has 0 bridgehead atoms. The zero-order chi connectivity index (χ0) is 11.4. The Hall–Kier alpha value is -1.29. The molecule has 15 heavy (non-hydrogen) atoms. The Balaban J connectivity index is 2.76. The molecule has 0 aliphatic carbocycles. The number of hydrogen-bond donors (Lipinski definition) is 1. The number of carbonyl (C=O) groups excluding carboxylic acids is 1. The van der Waals surface area contributed by atoms with Crippen molar-refractivity contribution >= 4 is 5.97 Å². The summed E-state index contributed by atoms with van der Waals surface area (Å²) < 4.78 is 10.2. The molecule has 1 N–H and O–H groups in total. The van der Waals surface area contributed by atoms with Gasteiger partial charge in [-0.25, -0.2) is 4.79 Å². The number of ether oxygens (including phenoxy) is 1. The molecule has 1 aromatic heterocycles. The van der Waals surface area contributed by atoms with Crippen LogP contribution in [-0.4, -0.2) is 23.3 Å². The van der Waals surface area contributed by atoms with E-state index < -0.39 is 12.1 Å². The number of aliphatic hydroxyl groups is 1. The summed E-state index contributed by atoms with van der Waals surface area (Å²) in [4.78, 5) is 11.6. The van der Waals surface area contributed by atoms with Gasteiger partial charge in [-0.3, -0.25) is 0 Å². The topological polar surface area (TPSA) is 59.7 Å². The van der Waals surface area contributed by atoms with Crippen molar-refractivity contribution in [3.05, 3.63) is 23.7 Å². The minimum atomic E-state index is -0.540. The lowest BCUT2D eigenvalue weighted by molar-refractivity contribution is 0.0374. The van der Waals surface area contributed by atoms with Crippen molar-refractivity contribution in [1.82, 2.24) is 0 Å². The number of aliphatic hydroxyl groups excluding tert-OH is 1. The van der Waals surface area contributed by atoms with Crippen molar-refractivity contribution < 1.29 is 19.1 Å². The van der Waals surface area contributed by atoms with Gasteiger partial charge in [0.15, 0.2) is 0 Å². The first-order chi connectivity index (χ1) is 7.00. The molecule has 0 radical (unpaired) electrons. The summed E-state index contributed by atoms with van der Waals surface area (Å²) in [6.07, 6.45) is 1.04. The minimum absolute atomic E-state index is 0.160. The fourth-order valence-electron chi connectivity index (χ4n) is 1.23. The summed E-state index contributed by atoms with van der Waals surface area (Å²) in [5.41, 5.74) is 0.393. The lowest BCUT2D eigenvalue weighted by Crippen LogP contribution is -2.14. The zero-order valence-electron chi connectivity index (χ0n) is 9.19. The van der Waals surface area contributed by atoms with Crippen LogP contribution in [0.5, 0.6) is 0 Å². The number of hydrogen-bond acceptors (Lipinski definition) is 4. The molecule has 1 aromatic rings. The second kappa shape index (κ2) is 4.98. The highest BCUT2D eigenvalue weighted by atomic mass is 16.5. The molecular formula is C11H16O4. The normalized spacial score (nSPS) is 12.9. The SMILES string of the molecule is CC(O)Cc1occc1C(=O)OC(C)C. The van der Waals surface area contributed by atoms with Crippen LogP contribution in [-0.2, 0) is 11.2 Å². The van der Waals surface area contributed by atoms with Gasteiger partial charge < -0.3 is 14.3 Å². The molecule has 1 heterocycles. The Morgan fingerprint density at radius 2 is 2.20 bits per heavy atom. The molecule has 4 heteroatoms. The molecule has 1 atom stereocenters. The number of esters is 1. The van der Waals surface area contributed by atoms with Gasteiger partial charge >= 0.3 is 5.97 Å². The van der Waals surface area contributed by atoms with Gasteiger partial charge in [-0.2, -0.15) is 0 Å². The minimum Gasteiger partial charge on any atom is -0.468 e. The number of carbonyl (C=O) groups is 1. The maximum Gasteiger partial charge on any atom is 0.341 e. The number of furan rings is 1. The largest absolute Gasteiger partial charge is 0.468 e. The average molecular weight is 212 g/mol. The third-order valence-electron chi connectivity index (χ3n) is 1.79. The molecule has 84 valence electrons. The van der Waals surface area contributed by atoms with E-state index in [1.54, 1.807) is 26.8 Å². The first kappa shape index (κ1) is 11.8. The molecule has 0 aliphatic rings.